The maximum atomic E-state index is 9.20. The van der Waals surface area contributed by atoms with Crippen molar-refractivity contribution in [1.82, 2.24) is 4.90 Å². The van der Waals surface area contributed by atoms with E-state index in [1.807, 2.05) is 0 Å². The molecule has 3 heteroatoms. The van der Waals surface area contributed by atoms with Gasteiger partial charge in [0.15, 0.2) is 0 Å². The van der Waals surface area contributed by atoms with E-state index in [-0.39, 0.29) is 0 Å². The van der Waals surface area contributed by atoms with Crippen LogP contribution >= 0.6 is 11.3 Å². The van der Waals surface area contributed by atoms with Crippen molar-refractivity contribution < 1.29 is 5.11 Å². The van der Waals surface area contributed by atoms with Gasteiger partial charge in [-0.25, -0.2) is 0 Å². The molecule has 1 N–H and O–H groups in total. The first kappa shape index (κ1) is 11.1. The van der Waals surface area contributed by atoms with Crippen LogP contribution < -0.4 is 0 Å². The summed E-state index contributed by atoms with van der Waals surface area (Å²) in [5.74, 6) is 0.486. The van der Waals surface area contributed by atoms with Crippen LogP contribution in [0, 0.1) is 5.92 Å². The van der Waals surface area contributed by atoms with E-state index in [0.717, 1.165) is 13.1 Å². The highest BCUT2D eigenvalue weighted by molar-refractivity contribution is 7.07. The Labute approximate surface area is 95.5 Å². The van der Waals surface area contributed by atoms with E-state index in [2.05, 4.69) is 28.7 Å². The van der Waals surface area contributed by atoms with E-state index >= 15 is 0 Å². The number of thiophene rings is 1. The lowest BCUT2D eigenvalue weighted by molar-refractivity contribution is 0.0772. The van der Waals surface area contributed by atoms with Crippen LogP contribution in [0.15, 0.2) is 16.8 Å². The summed E-state index contributed by atoms with van der Waals surface area (Å²) in [5.41, 5.74) is 1.41. The first-order valence-electron chi connectivity index (χ1n) is 5.65. The quantitative estimate of drug-likeness (QED) is 0.853. The van der Waals surface area contributed by atoms with Crippen molar-refractivity contribution in [2.75, 3.05) is 13.2 Å². The lowest BCUT2D eigenvalue weighted by atomic mass is 9.94. The monoisotopic (exact) mass is 225 g/mol. The number of nitrogens with zero attached hydrogens (tertiary/aromatic N) is 1. The van der Waals surface area contributed by atoms with Gasteiger partial charge in [0.05, 0.1) is 0 Å². The SMILES string of the molecule is C[C@H]1CC[C@H](CO)CN1Cc1ccsc1. The fourth-order valence-corrected chi connectivity index (χ4v) is 2.91. The van der Waals surface area contributed by atoms with Crippen molar-refractivity contribution in [2.24, 2.45) is 5.92 Å². The summed E-state index contributed by atoms with van der Waals surface area (Å²) in [6.45, 7) is 4.72. The fraction of sp³-hybridized carbons (Fsp3) is 0.667. The van der Waals surface area contributed by atoms with Crippen LogP contribution in [-0.4, -0.2) is 29.2 Å². The second-order valence-corrected chi connectivity index (χ2v) is 5.32. The normalized spacial score (nSPS) is 28.1. The lowest BCUT2D eigenvalue weighted by Gasteiger charge is -2.37. The van der Waals surface area contributed by atoms with Gasteiger partial charge in [-0.2, -0.15) is 11.3 Å². The highest BCUT2D eigenvalue weighted by Crippen LogP contribution is 2.23. The molecule has 1 aromatic rings. The Bertz CT molecular complexity index is 286. The largest absolute Gasteiger partial charge is 0.396 e. The van der Waals surface area contributed by atoms with Gasteiger partial charge in [-0.05, 0) is 48.1 Å². The van der Waals surface area contributed by atoms with Crippen LogP contribution in [0.3, 0.4) is 0 Å². The molecule has 2 atom stereocenters. The number of aliphatic hydroxyl groups excluding tert-OH is 1. The fourth-order valence-electron chi connectivity index (χ4n) is 2.25. The Morgan fingerprint density at radius 1 is 1.53 bits per heavy atom. The predicted molar refractivity (Wildman–Crippen MR) is 64.0 cm³/mol. The maximum Gasteiger partial charge on any atom is 0.0471 e. The van der Waals surface area contributed by atoms with Gasteiger partial charge in [0.1, 0.15) is 0 Å². The molecular weight excluding hydrogens is 206 g/mol. The standard InChI is InChI=1S/C12H19NOS/c1-10-2-3-11(8-14)6-13(10)7-12-4-5-15-9-12/h4-5,9-11,14H,2-3,6-8H2,1H3/t10-,11-/m0/s1. The molecule has 0 aliphatic carbocycles. The summed E-state index contributed by atoms with van der Waals surface area (Å²) in [6.07, 6.45) is 2.40. The van der Waals surface area contributed by atoms with Crippen molar-refractivity contribution >= 4 is 11.3 Å². The van der Waals surface area contributed by atoms with Gasteiger partial charge in [0, 0.05) is 25.7 Å². The third-order valence-corrected chi connectivity index (χ3v) is 4.06. The molecule has 0 spiro atoms. The van der Waals surface area contributed by atoms with E-state index in [1.165, 1.54) is 18.4 Å². The Morgan fingerprint density at radius 2 is 2.40 bits per heavy atom. The topological polar surface area (TPSA) is 23.5 Å². The molecule has 1 saturated heterocycles. The van der Waals surface area contributed by atoms with Crippen LogP contribution in [0.1, 0.15) is 25.3 Å². The minimum Gasteiger partial charge on any atom is -0.396 e. The molecule has 1 aromatic heterocycles. The molecule has 1 fully saturated rings. The molecule has 0 unspecified atom stereocenters. The third-order valence-electron chi connectivity index (χ3n) is 3.33. The molecule has 0 radical (unpaired) electrons. The highest BCUT2D eigenvalue weighted by atomic mass is 32.1. The van der Waals surface area contributed by atoms with Crippen LogP contribution in [-0.2, 0) is 6.54 Å². The first-order valence-corrected chi connectivity index (χ1v) is 6.60. The van der Waals surface area contributed by atoms with Gasteiger partial charge in [-0.15, -0.1) is 0 Å². The summed E-state index contributed by atoms with van der Waals surface area (Å²) < 4.78 is 0. The van der Waals surface area contributed by atoms with E-state index in [0.29, 0.717) is 18.6 Å². The average molecular weight is 225 g/mol. The molecule has 0 aromatic carbocycles. The number of hydrogen-bond donors (Lipinski definition) is 1. The molecule has 1 aliphatic heterocycles. The highest BCUT2D eigenvalue weighted by Gasteiger charge is 2.24. The summed E-state index contributed by atoms with van der Waals surface area (Å²) in [4.78, 5) is 2.49. The first-order chi connectivity index (χ1) is 7.29. The van der Waals surface area contributed by atoms with Gasteiger partial charge < -0.3 is 5.11 Å². The molecule has 0 bridgehead atoms. The lowest BCUT2D eigenvalue weighted by Crippen LogP contribution is -2.42. The predicted octanol–water partition coefficient (Wildman–Crippen LogP) is 2.34. The Balaban J connectivity index is 1.94. The zero-order valence-corrected chi connectivity index (χ0v) is 10.0. The number of piperidine rings is 1. The summed E-state index contributed by atoms with van der Waals surface area (Å²) >= 11 is 1.76. The van der Waals surface area contributed by atoms with Gasteiger partial charge in [-0.1, -0.05) is 0 Å². The molecule has 2 nitrogen and oxygen atoms in total. The number of likely N-dealkylation sites (tertiary alicyclic amines) is 1. The third kappa shape index (κ3) is 2.80. The molecule has 0 saturated carbocycles. The smallest absolute Gasteiger partial charge is 0.0471 e. The van der Waals surface area contributed by atoms with E-state index in [4.69, 9.17) is 0 Å². The minimum absolute atomic E-state index is 0.340. The zero-order valence-electron chi connectivity index (χ0n) is 9.22. The van der Waals surface area contributed by atoms with Gasteiger partial charge in [-0.3, -0.25) is 4.90 Å². The molecule has 0 amide bonds. The van der Waals surface area contributed by atoms with Crippen LogP contribution in [0.4, 0.5) is 0 Å². The molecule has 15 heavy (non-hydrogen) atoms. The van der Waals surface area contributed by atoms with Crippen molar-refractivity contribution in [3.63, 3.8) is 0 Å². The molecule has 84 valence electrons. The zero-order chi connectivity index (χ0) is 10.7. The number of hydrogen-bond acceptors (Lipinski definition) is 3. The molecule has 1 aliphatic rings. The van der Waals surface area contributed by atoms with Gasteiger partial charge >= 0.3 is 0 Å². The van der Waals surface area contributed by atoms with E-state index < -0.39 is 0 Å². The Morgan fingerprint density at radius 3 is 3.07 bits per heavy atom. The van der Waals surface area contributed by atoms with Gasteiger partial charge in [0.2, 0.25) is 0 Å². The number of rotatable bonds is 3. The molecule has 2 rings (SSSR count). The van der Waals surface area contributed by atoms with E-state index in [1.54, 1.807) is 11.3 Å². The van der Waals surface area contributed by atoms with Crippen molar-refractivity contribution in [3.8, 4) is 0 Å². The van der Waals surface area contributed by atoms with Crippen molar-refractivity contribution in [2.45, 2.75) is 32.4 Å². The Hall–Kier alpha value is -0.380. The molecule has 2 heterocycles. The summed E-state index contributed by atoms with van der Waals surface area (Å²) in [7, 11) is 0. The van der Waals surface area contributed by atoms with Crippen LogP contribution in [0.2, 0.25) is 0 Å². The maximum absolute atomic E-state index is 9.20. The molecular formula is C12H19NOS. The second-order valence-electron chi connectivity index (χ2n) is 4.54. The summed E-state index contributed by atoms with van der Waals surface area (Å²) in [6, 6.07) is 2.85. The minimum atomic E-state index is 0.340. The van der Waals surface area contributed by atoms with Gasteiger partial charge in [0.25, 0.3) is 0 Å². The van der Waals surface area contributed by atoms with Crippen LogP contribution in [0.5, 0.6) is 0 Å². The van der Waals surface area contributed by atoms with Crippen molar-refractivity contribution in [3.05, 3.63) is 22.4 Å². The average Bonchev–Trinajstić information content (AvgIpc) is 2.74. The van der Waals surface area contributed by atoms with Crippen molar-refractivity contribution in [1.29, 1.82) is 0 Å². The van der Waals surface area contributed by atoms with Crippen LogP contribution in [0.25, 0.3) is 0 Å². The van der Waals surface area contributed by atoms with E-state index in [9.17, 15) is 5.11 Å². The number of aliphatic hydroxyl groups is 1. The summed E-state index contributed by atoms with van der Waals surface area (Å²) in [5, 5.41) is 13.5. The Kier molecular flexibility index (Phi) is 3.78. The second kappa shape index (κ2) is 5.10.